The summed E-state index contributed by atoms with van der Waals surface area (Å²) in [6, 6.07) is 3.94. The maximum Gasteiger partial charge on any atom is 0.487 e. The molecule has 21 heavy (non-hydrogen) atoms. The lowest BCUT2D eigenvalue weighted by atomic mass is 9.89. The highest BCUT2D eigenvalue weighted by molar-refractivity contribution is 6.52. The summed E-state index contributed by atoms with van der Waals surface area (Å²) in [7, 11) is -0.327. The number of hydrogen-bond acceptors (Lipinski definition) is 4. The minimum atomic E-state index is -0.327. The van der Waals surface area contributed by atoms with Crippen LogP contribution in [-0.4, -0.2) is 23.3 Å². The van der Waals surface area contributed by atoms with Gasteiger partial charge in [0.1, 0.15) is 0 Å². The number of rotatable bonds is 4. The predicted molar refractivity (Wildman–Crippen MR) is 86.6 cm³/mol. The zero-order valence-corrected chi connectivity index (χ0v) is 13.6. The first-order valence-corrected chi connectivity index (χ1v) is 7.50. The summed E-state index contributed by atoms with van der Waals surface area (Å²) in [6.07, 6.45) is 4.65. The van der Waals surface area contributed by atoms with Crippen LogP contribution in [0.4, 0.5) is 0 Å². The Hall–Kier alpha value is -1.17. The summed E-state index contributed by atoms with van der Waals surface area (Å²) in [4.78, 5) is 4.31. The molecule has 0 bridgehead atoms. The molecule has 0 radical (unpaired) electrons. The molecule has 1 saturated heterocycles. The highest BCUT2D eigenvalue weighted by Gasteiger charge is 2.49. The molecule has 2 rings (SSSR count). The Morgan fingerprint density at radius 2 is 1.90 bits per heavy atom. The van der Waals surface area contributed by atoms with E-state index in [0.29, 0.717) is 0 Å². The minimum absolute atomic E-state index is 0.0183. The van der Waals surface area contributed by atoms with E-state index in [1.54, 1.807) is 6.20 Å². The number of hydrogen-bond donors (Lipinski definition) is 1. The van der Waals surface area contributed by atoms with Crippen LogP contribution in [0.2, 0.25) is 0 Å². The molecule has 4 nitrogen and oxygen atoms in total. The normalized spacial score (nSPS) is 21.9. The summed E-state index contributed by atoms with van der Waals surface area (Å²) >= 11 is 0. The second kappa shape index (κ2) is 5.91. The van der Waals surface area contributed by atoms with Gasteiger partial charge >= 0.3 is 7.12 Å². The van der Waals surface area contributed by atoms with E-state index in [2.05, 4.69) is 11.9 Å². The van der Waals surface area contributed by atoms with Crippen LogP contribution in [0.5, 0.6) is 0 Å². The van der Waals surface area contributed by atoms with Crippen LogP contribution in [0.3, 0.4) is 0 Å². The fourth-order valence-electron chi connectivity index (χ4n) is 2.14. The zero-order chi connectivity index (χ0) is 15.7. The molecule has 1 aromatic rings. The second-order valence-corrected chi connectivity index (χ2v) is 6.51. The minimum Gasteiger partial charge on any atom is -0.400 e. The molecule has 0 saturated carbocycles. The fourth-order valence-corrected chi connectivity index (χ4v) is 2.14. The van der Waals surface area contributed by atoms with E-state index >= 15 is 0 Å². The Bertz CT molecular complexity index is 513. The van der Waals surface area contributed by atoms with Crippen molar-refractivity contribution in [3.63, 3.8) is 0 Å². The molecule has 114 valence electrons. The van der Waals surface area contributed by atoms with Gasteiger partial charge in [-0.2, -0.15) is 0 Å². The third-order valence-corrected chi connectivity index (χ3v) is 4.34. The first-order chi connectivity index (χ1) is 9.75. The van der Waals surface area contributed by atoms with E-state index in [0.717, 1.165) is 17.7 Å². The maximum absolute atomic E-state index is 6.02. The molecule has 2 N–H and O–H groups in total. The Labute approximate surface area is 127 Å². The van der Waals surface area contributed by atoms with E-state index in [1.165, 1.54) is 0 Å². The molecule has 1 atom stereocenters. The van der Waals surface area contributed by atoms with Crippen LogP contribution in [0.15, 0.2) is 24.3 Å². The fraction of sp³-hybridized carbons (Fsp3) is 0.562. The van der Waals surface area contributed by atoms with Gasteiger partial charge in [-0.05, 0) is 51.8 Å². The van der Waals surface area contributed by atoms with Crippen LogP contribution in [0.25, 0.3) is 6.08 Å². The van der Waals surface area contributed by atoms with E-state index in [-0.39, 0.29) is 24.4 Å². The molecule has 5 heteroatoms. The monoisotopic (exact) mass is 288 g/mol. The van der Waals surface area contributed by atoms with E-state index < -0.39 is 0 Å². The van der Waals surface area contributed by atoms with Crippen LogP contribution >= 0.6 is 0 Å². The van der Waals surface area contributed by atoms with Crippen molar-refractivity contribution in [2.75, 3.05) is 0 Å². The Morgan fingerprint density at radius 3 is 2.48 bits per heavy atom. The van der Waals surface area contributed by atoms with Crippen molar-refractivity contribution in [1.82, 2.24) is 4.98 Å². The molecule has 2 heterocycles. The van der Waals surface area contributed by atoms with Crippen molar-refractivity contribution in [3.8, 4) is 0 Å². The van der Waals surface area contributed by atoms with E-state index in [4.69, 9.17) is 15.0 Å². The maximum atomic E-state index is 6.02. The van der Waals surface area contributed by atoms with Crippen LogP contribution in [0, 0.1) is 0 Å². The van der Waals surface area contributed by atoms with Crippen LogP contribution in [-0.2, 0) is 9.31 Å². The van der Waals surface area contributed by atoms with Gasteiger partial charge in [0.25, 0.3) is 0 Å². The third-order valence-electron chi connectivity index (χ3n) is 4.34. The average Bonchev–Trinajstić information content (AvgIpc) is 2.64. The van der Waals surface area contributed by atoms with Gasteiger partial charge in [-0.25, -0.2) is 0 Å². The van der Waals surface area contributed by atoms with Crippen molar-refractivity contribution in [1.29, 1.82) is 0 Å². The van der Waals surface area contributed by atoms with Gasteiger partial charge < -0.3 is 15.0 Å². The zero-order valence-electron chi connectivity index (χ0n) is 13.6. The van der Waals surface area contributed by atoms with Gasteiger partial charge in [0, 0.05) is 12.2 Å². The number of nitrogens with two attached hydrogens (primary N) is 1. The standard InChI is InChI=1S/C16H25BN2O2/c1-6-13(18)14-11-12(8-10-19-14)7-9-17-20-15(2,3)16(4,5)21-17/h7-11,13H,6,18H2,1-5H3/b9-7+. The largest absolute Gasteiger partial charge is 0.487 e. The average molecular weight is 288 g/mol. The molecule has 0 spiro atoms. The SMILES string of the molecule is CCC(N)c1cc(/C=C/B2OC(C)(C)C(C)(C)O2)ccn1. The van der Waals surface area contributed by atoms with Gasteiger partial charge in [-0.3, -0.25) is 4.98 Å². The smallest absolute Gasteiger partial charge is 0.400 e. The summed E-state index contributed by atoms with van der Waals surface area (Å²) in [6.45, 7) is 10.2. The quantitative estimate of drug-likeness (QED) is 0.865. The predicted octanol–water partition coefficient (Wildman–Crippen LogP) is 3.14. The topological polar surface area (TPSA) is 57.4 Å². The van der Waals surface area contributed by atoms with Gasteiger partial charge in [0.2, 0.25) is 0 Å². The molecule has 0 aliphatic carbocycles. The van der Waals surface area contributed by atoms with Gasteiger partial charge in [-0.1, -0.05) is 19.0 Å². The van der Waals surface area contributed by atoms with Gasteiger partial charge in [-0.15, -0.1) is 0 Å². The van der Waals surface area contributed by atoms with Crippen LogP contribution < -0.4 is 5.73 Å². The summed E-state index contributed by atoms with van der Waals surface area (Å²) < 4.78 is 11.9. The number of nitrogens with zero attached hydrogens (tertiary/aromatic N) is 1. The first kappa shape index (κ1) is 16.2. The highest BCUT2D eigenvalue weighted by Crippen LogP contribution is 2.37. The molecule has 1 aromatic heterocycles. The summed E-state index contributed by atoms with van der Waals surface area (Å²) in [5, 5.41) is 0. The molecule has 1 unspecified atom stereocenters. The lowest BCUT2D eigenvalue weighted by molar-refractivity contribution is 0.00578. The Morgan fingerprint density at radius 1 is 1.29 bits per heavy atom. The summed E-state index contributed by atoms with van der Waals surface area (Å²) in [5.74, 6) is 1.94. The second-order valence-electron chi connectivity index (χ2n) is 6.51. The molecular weight excluding hydrogens is 263 g/mol. The Kier molecular flexibility index (Phi) is 4.56. The molecular formula is C16H25BN2O2. The van der Waals surface area contributed by atoms with Crippen molar-refractivity contribution in [2.24, 2.45) is 5.73 Å². The van der Waals surface area contributed by atoms with Crippen molar-refractivity contribution >= 4 is 13.2 Å². The Balaban J connectivity index is 2.09. The number of pyridine rings is 1. The molecule has 0 amide bonds. The molecule has 1 aliphatic heterocycles. The molecule has 0 aromatic carbocycles. The van der Waals surface area contributed by atoms with Crippen molar-refractivity contribution < 1.29 is 9.31 Å². The lowest BCUT2D eigenvalue weighted by Gasteiger charge is -2.32. The highest BCUT2D eigenvalue weighted by atomic mass is 16.7. The summed E-state index contributed by atoms with van der Waals surface area (Å²) in [5.41, 5.74) is 7.36. The first-order valence-electron chi connectivity index (χ1n) is 7.50. The van der Waals surface area contributed by atoms with Crippen molar-refractivity contribution in [2.45, 2.75) is 58.3 Å². The number of aromatic nitrogens is 1. The van der Waals surface area contributed by atoms with E-state index in [9.17, 15) is 0 Å². The molecule has 1 aliphatic rings. The third kappa shape index (κ3) is 3.54. The lowest BCUT2D eigenvalue weighted by Crippen LogP contribution is -2.41. The van der Waals surface area contributed by atoms with Gasteiger partial charge in [0.15, 0.2) is 0 Å². The van der Waals surface area contributed by atoms with Crippen LogP contribution in [0.1, 0.15) is 58.3 Å². The molecule has 1 fully saturated rings. The van der Waals surface area contributed by atoms with Gasteiger partial charge in [0.05, 0.1) is 16.9 Å². The van der Waals surface area contributed by atoms with Crippen molar-refractivity contribution in [3.05, 3.63) is 35.6 Å². The van der Waals surface area contributed by atoms with E-state index in [1.807, 2.05) is 51.9 Å².